The quantitative estimate of drug-likeness (QED) is 0.639. The number of benzene rings is 1. The van der Waals surface area contributed by atoms with Gasteiger partial charge in [-0.2, -0.15) is 0 Å². The molecule has 0 atom stereocenters. The van der Waals surface area contributed by atoms with Crippen LogP contribution in [0.15, 0.2) is 22.6 Å². The first-order valence-electron chi connectivity index (χ1n) is 7.15. The summed E-state index contributed by atoms with van der Waals surface area (Å²) in [4.78, 5) is 4.38. The highest BCUT2D eigenvalue weighted by Crippen LogP contribution is 2.18. The molecule has 2 heteroatoms. The zero-order valence-electron chi connectivity index (χ0n) is 11.5. The van der Waals surface area contributed by atoms with Crippen molar-refractivity contribution in [3.63, 3.8) is 0 Å². The molecule has 2 aromatic rings. The summed E-state index contributed by atoms with van der Waals surface area (Å²) in [6.45, 7) is 4.16. The number of fused-ring (bicyclic) bond motifs is 1. The molecular weight excluding hydrogens is 222 g/mol. The first-order valence-corrected chi connectivity index (χ1v) is 7.15. The number of hydrogen-bond acceptors (Lipinski definition) is 2. The van der Waals surface area contributed by atoms with Gasteiger partial charge in [0.05, 0.1) is 0 Å². The highest BCUT2D eigenvalue weighted by atomic mass is 16.3. The summed E-state index contributed by atoms with van der Waals surface area (Å²) in [5.74, 6) is 0.752. The first-order chi connectivity index (χ1) is 8.79. The standard InChI is InChI=1S/C16H23NO/c1-3-4-5-6-7-8-9-14-10-11-16-15(12-14)17-13(2)18-16/h10-12H,3-9H2,1-2H3. The summed E-state index contributed by atoms with van der Waals surface area (Å²) in [7, 11) is 0. The van der Waals surface area contributed by atoms with Gasteiger partial charge in [0.2, 0.25) is 0 Å². The van der Waals surface area contributed by atoms with E-state index in [0.29, 0.717) is 0 Å². The van der Waals surface area contributed by atoms with E-state index < -0.39 is 0 Å². The van der Waals surface area contributed by atoms with Crippen LogP contribution in [0.2, 0.25) is 0 Å². The maximum absolute atomic E-state index is 5.48. The minimum absolute atomic E-state index is 0.752. The fourth-order valence-corrected chi connectivity index (χ4v) is 2.35. The first kappa shape index (κ1) is 13.1. The summed E-state index contributed by atoms with van der Waals surface area (Å²) in [6.07, 6.45) is 9.25. The number of oxazole rings is 1. The van der Waals surface area contributed by atoms with E-state index in [2.05, 4.69) is 24.0 Å². The molecule has 2 rings (SSSR count). The molecule has 98 valence electrons. The molecule has 1 aromatic heterocycles. The number of hydrogen-bond donors (Lipinski definition) is 0. The van der Waals surface area contributed by atoms with Gasteiger partial charge in [-0.3, -0.25) is 0 Å². The monoisotopic (exact) mass is 245 g/mol. The second-order valence-electron chi connectivity index (χ2n) is 5.05. The van der Waals surface area contributed by atoms with E-state index in [1.54, 1.807) is 0 Å². The normalized spacial score (nSPS) is 11.2. The predicted molar refractivity (Wildman–Crippen MR) is 75.8 cm³/mol. The van der Waals surface area contributed by atoms with E-state index in [0.717, 1.165) is 23.4 Å². The van der Waals surface area contributed by atoms with Crippen LogP contribution in [0.1, 0.15) is 56.9 Å². The van der Waals surface area contributed by atoms with Crippen molar-refractivity contribution < 1.29 is 4.42 Å². The van der Waals surface area contributed by atoms with Crippen LogP contribution in [0, 0.1) is 6.92 Å². The van der Waals surface area contributed by atoms with Crippen molar-refractivity contribution in [1.29, 1.82) is 0 Å². The lowest BCUT2D eigenvalue weighted by atomic mass is 10.0. The molecule has 0 unspecified atom stereocenters. The molecule has 0 aliphatic heterocycles. The molecular formula is C16H23NO. The molecule has 2 nitrogen and oxygen atoms in total. The van der Waals surface area contributed by atoms with Gasteiger partial charge in [-0.25, -0.2) is 4.98 Å². The van der Waals surface area contributed by atoms with Gasteiger partial charge in [0.1, 0.15) is 5.52 Å². The van der Waals surface area contributed by atoms with Crippen LogP contribution < -0.4 is 0 Å². The highest BCUT2D eigenvalue weighted by Gasteiger charge is 2.02. The molecule has 0 saturated heterocycles. The van der Waals surface area contributed by atoms with E-state index >= 15 is 0 Å². The fraction of sp³-hybridized carbons (Fsp3) is 0.562. The Morgan fingerprint density at radius 2 is 1.83 bits per heavy atom. The molecule has 0 radical (unpaired) electrons. The van der Waals surface area contributed by atoms with Crippen molar-refractivity contribution in [2.45, 2.75) is 58.8 Å². The topological polar surface area (TPSA) is 26.0 Å². The molecule has 0 saturated carbocycles. The Morgan fingerprint density at radius 1 is 1.06 bits per heavy atom. The maximum atomic E-state index is 5.48. The molecule has 0 spiro atoms. The Hall–Kier alpha value is -1.31. The summed E-state index contributed by atoms with van der Waals surface area (Å²) in [5.41, 5.74) is 3.28. The van der Waals surface area contributed by atoms with Crippen molar-refractivity contribution in [3.8, 4) is 0 Å². The third-order valence-corrected chi connectivity index (χ3v) is 3.38. The zero-order valence-corrected chi connectivity index (χ0v) is 11.5. The van der Waals surface area contributed by atoms with Gasteiger partial charge in [0.15, 0.2) is 11.5 Å². The summed E-state index contributed by atoms with van der Waals surface area (Å²) >= 11 is 0. The van der Waals surface area contributed by atoms with E-state index in [1.165, 1.54) is 44.1 Å². The van der Waals surface area contributed by atoms with Crippen molar-refractivity contribution in [3.05, 3.63) is 29.7 Å². The molecule has 0 N–H and O–H groups in total. The van der Waals surface area contributed by atoms with Crippen molar-refractivity contribution >= 4 is 11.1 Å². The smallest absolute Gasteiger partial charge is 0.192 e. The number of unbranched alkanes of at least 4 members (excludes halogenated alkanes) is 5. The van der Waals surface area contributed by atoms with E-state index in [1.807, 2.05) is 13.0 Å². The summed E-state index contributed by atoms with van der Waals surface area (Å²) in [6, 6.07) is 6.37. The molecule has 0 aliphatic carbocycles. The lowest BCUT2D eigenvalue weighted by Crippen LogP contribution is -1.86. The zero-order chi connectivity index (χ0) is 12.8. The van der Waals surface area contributed by atoms with Crippen molar-refractivity contribution in [1.82, 2.24) is 4.98 Å². The lowest BCUT2D eigenvalue weighted by Gasteiger charge is -2.01. The Bertz CT molecular complexity index is 487. The molecule has 1 heterocycles. The van der Waals surface area contributed by atoms with Crippen LogP contribution >= 0.6 is 0 Å². The lowest BCUT2D eigenvalue weighted by molar-refractivity contribution is 0.561. The number of aryl methyl sites for hydroxylation is 2. The van der Waals surface area contributed by atoms with Crippen LogP contribution in [0.25, 0.3) is 11.1 Å². The van der Waals surface area contributed by atoms with Crippen LogP contribution in [0.5, 0.6) is 0 Å². The summed E-state index contributed by atoms with van der Waals surface area (Å²) in [5, 5.41) is 0. The van der Waals surface area contributed by atoms with Gasteiger partial charge in [0, 0.05) is 6.92 Å². The van der Waals surface area contributed by atoms with Gasteiger partial charge in [0.25, 0.3) is 0 Å². The molecule has 1 aromatic carbocycles. The summed E-state index contributed by atoms with van der Waals surface area (Å²) < 4.78 is 5.48. The second kappa shape index (κ2) is 6.58. The van der Waals surface area contributed by atoms with Crippen LogP contribution in [0.4, 0.5) is 0 Å². The molecule has 0 amide bonds. The Kier molecular flexibility index (Phi) is 4.80. The fourth-order valence-electron chi connectivity index (χ4n) is 2.35. The predicted octanol–water partition coefficient (Wildman–Crippen LogP) is 5.04. The van der Waals surface area contributed by atoms with Gasteiger partial charge in [-0.15, -0.1) is 0 Å². The largest absolute Gasteiger partial charge is 0.441 e. The molecule has 0 fully saturated rings. The molecule has 0 aliphatic rings. The SMILES string of the molecule is CCCCCCCCc1ccc2oc(C)nc2c1. The number of aromatic nitrogens is 1. The number of rotatable bonds is 7. The number of nitrogens with zero attached hydrogens (tertiary/aromatic N) is 1. The van der Waals surface area contributed by atoms with Crippen molar-refractivity contribution in [2.24, 2.45) is 0 Å². The third-order valence-electron chi connectivity index (χ3n) is 3.38. The van der Waals surface area contributed by atoms with Crippen LogP contribution in [0.3, 0.4) is 0 Å². The third kappa shape index (κ3) is 3.59. The average molecular weight is 245 g/mol. The van der Waals surface area contributed by atoms with E-state index in [4.69, 9.17) is 4.42 Å². The molecule has 0 bridgehead atoms. The van der Waals surface area contributed by atoms with Gasteiger partial charge >= 0.3 is 0 Å². The maximum Gasteiger partial charge on any atom is 0.192 e. The van der Waals surface area contributed by atoms with Crippen LogP contribution in [-0.2, 0) is 6.42 Å². The van der Waals surface area contributed by atoms with E-state index in [9.17, 15) is 0 Å². The van der Waals surface area contributed by atoms with E-state index in [-0.39, 0.29) is 0 Å². The Balaban J connectivity index is 1.80. The Labute approximate surface area is 109 Å². The highest BCUT2D eigenvalue weighted by molar-refractivity contribution is 5.73. The minimum Gasteiger partial charge on any atom is -0.441 e. The second-order valence-corrected chi connectivity index (χ2v) is 5.05. The Morgan fingerprint density at radius 3 is 2.67 bits per heavy atom. The average Bonchev–Trinajstić information content (AvgIpc) is 2.73. The van der Waals surface area contributed by atoms with Gasteiger partial charge < -0.3 is 4.42 Å². The minimum atomic E-state index is 0.752. The van der Waals surface area contributed by atoms with Gasteiger partial charge in [-0.1, -0.05) is 45.1 Å². The van der Waals surface area contributed by atoms with Gasteiger partial charge in [-0.05, 0) is 30.5 Å². The molecule has 18 heavy (non-hydrogen) atoms. The van der Waals surface area contributed by atoms with Crippen molar-refractivity contribution in [2.75, 3.05) is 0 Å². The van der Waals surface area contributed by atoms with Crippen LogP contribution in [-0.4, -0.2) is 4.98 Å².